The summed E-state index contributed by atoms with van der Waals surface area (Å²) in [6.45, 7) is 4.47. The maximum absolute atomic E-state index is 11.3. The van der Waals surface area contributed by atoms with Gasteiger partial charge in [0.15, 0.2) is 0 Å². The fourth-order valence-corrected chi connectivity index (χ4v) is 1.32. The van der Waals surface area contributed by atoms with Crippen LogP contribution < -0.4 is 16.2 Å². The third-order valence-corrected chi connectivity index (χ3v) is 2.00. The summed E-state index contributed by atoms with van der Waals surface area (Å²) in [4.78, 5) is 12.9. The van der Waals surface area contributed by atoms with Crippen LogP contribution in [-0.4, -0.2) is 12.6 Å². The number of carbonyl (C=O) groups is 1. The van der Waals surface area contributed by atoms with Crippen molar-refractivity contribution in [3.63, 3.8) is 0 Å². The predicted molar refractivity (Wildman–Crippen MR) is 56.9 cm³/mol. The first-order valence-corrected chi connectivity index (χ1v) is 4.53. The standard InChI is InChI=1S/C10H15N3O/c1-3-13(10(14)12-11)9-6-4-5-8(2)7-9/h4-7H,3,11H2,1-2H3,(H,12,14). The molecule has 0 fully saturated rings. The number of rotatable bonds is 2. The zero-order chi connectivity index (χ0) is 10.6. The quantitative estimate of drug-likeness (QED) is 0.424. The first kappa shape index (κ1) is 10.5. The predicted octanol–water partition coefficient (Wildman–Crippen LogP) is 1.40. The molecule has 0 unspecified atom stereocenters. The number of hydrazine groups is 1. The van der Waals surface area contributed by atoms with Crippen molar-refractivity contribution in [2.45, 2.75) is 13.8 Å². The summed E-state index contributed by atoms with van der Waals surface area (Å²) in [6.07, 6.45) is 0. The number of nitrogens with two attached hydrogens (primary N) is 1. The zero-order valence-electron chi connectivity index (χ0n) is 8.45. The van der Waals surface area contributed by atoms with E-state index in [2.05, 4.69) is 5.43 Å². The van der Waals surface area contributed by atoms with E-state index >= 15 is 0 Å². The molecule has 0 atom stereocenters. The minimum absolute atomic E-state index is 0.293. The molecular formula is C10H15N3O. The van der Waals surface area contributed by atoms with Gasteiger partial charge in [-0.2, -0.15) is 0 Å². The Bertz CT molecular complexity index is 325. The Morgan fingerprint density at radius 1 is 1.57 bits per heavy atom. The summed E-state index contributed by atoms with van der Waals surface area (Å²) in [6, 6.07) is 7.43. The number of benzene rings is 1. The molecular weight excluding hydrogens is 178 g/mol. The third-order valence-electron chi connectivity index (χ3n) is 2.00. The van der Waals surface area contributed by atoms with Crippen molar-refractivity contribution < 1.29 is 4.79 Å². The van der Waals surface area contributed by atoms with Crippen molar-refractivity contribution in [3.05, 3.63) is 29.8 Å². The largest absolute Gasteiger partial charge is 0.335 e. The summed E-state index contributed by atoms with van der Waals surface area (Å²) < 4.78 is 0. The van der Waals surface area contributed by atoms with Gasteiger partial charge < -0.3 is 0 Å². The van der Waals surface area contributed by atoms with Crippen LogP contribution in [0.5, 0.6) is 0 Å². The van der Waals surface area contributed by atoms with Crippen molar-refractivity contribution in [1.29, 1.82) is 0 Å². The SMILES string of the molecule is CCN(C(=O)NN)c1cccc(C)c1. The Morgan fingerprint density at radius 2 is 2.29 bits per heavy atom. The van der Waals surface area contributed by atoms with Gasteiger partial charge in [0.05, 0.1) is 0 Å². The van der Waals surface area contributed by atoms with Crippen molar-refractivity contribution in [1.82, 2.24) is 5.43 Å². The number of urea groups is 1. The molecule has 0 aromatic heterocycles. The Morgan fingerprint density at radius 3 is 2.79 bits per heavy atom. The van der Waals surface area contributed by atoms with E-state index in [-0.39, 0.29) is 6.03 Å². The van der Waals surface area contributed by atoms with Crippen LogP contribution in [0.3, 0.4) is 0 Å². The minimum Gasteiger partial charge on any atom is -0.294 e. The highest BCUT2D eigenvalue weighted by molar-refractivity contribution is 5.91. The highest BCUT2D eigenvalue weighted by Gasteiger charge is 2.11. The number of nitrogens with one attached hydrogen (secondary N) is 1. The maximum atomic E-state index is 11.3. The first-order valence-electron chi connectivity index (χ1n) is 4.53. The van der Waals surface area contributed by atoms with Crippen LogP contribution in [0.2, 0.25) is 0 Å². The normalized spacial score (nSPS) is 9.64. The first-order chi connectivity index (χ1) is 6.69. The fraction of sp³-hybridized carbons (Fsp3) is 0.300. The highest BCUT2D eigenvalue weighted by atomic mass is 16.2. The van der Waals surface area contributed by atoms with Crippen molar-refractivity contribution in [2.24, 2.45) is 5.84 Å². The smallest absolute Gasteiger partial charge is 0.294 e. The zero-order valence-corrected chi connectivity index (χ0v) is 8.45. The molecule has 2 amide bonds. The van der Waals surface area contributed by atoms with Gasteiger partial charge in [0.1, 0.15) is 0 Å². The summed E-state index contributed by atoms with van der Waals surface area (Å²) >= 11 is 0. The van der Waals surface area contributed by atoms with E-state index in [0.29, 0.717) is 6.54 Å². The number of amides is 2. The van der Waals surface area contributed by atoms with E-state index in [1.165, 1.54) is 0 Å². The lowest BCUT2D eigenvalue weighted by atomic mass is 10.2. The number of carbonyl (C=O) groups excluding carboxylic acids is 1. The molecule has 4 heteroatoms. The monoisotopic (exact) mass is 193 g/mol. The van der Waals surface area contributed by atoms with Crippen molar-refractivity contribution >= 4 is 11.7 Å². The Labute approximate surface area is 83.7 Å². The molecule has 0 aliphatic carbocycles. The van der Waals surface area contributed by atoms with Crippen LogP contribution in [-0.2, 0) is 0 Å². The summed E-state index contributed by atoms with van der Waals surface area (Å²) in [5.41, 5.74) is 4.09. The third kappa shape index (κ3) is 2.23. The Kier molecular flexibility index (Phi) is 3.48. The van der Waals surface area contributed by atoms with Crippen molar-refractivity contribution in [2.75, 3.05) is 11.4 Å². The molecule has 0 saturated carbocycles. The fourth-order valence-electron chi connectivity index (χ4n) is 1.32. The topological polar surface area (TPSA) is 58.4 Å². The second kappa shape index (κ2) is 4.62. The molecule has 1 rings (SSSR count). The molecule has 0 aliphatic rings. The molecule has 76 valence electrons. The number of hydrogen-bond donors (Lipinski definition) is 2. The molecule has 0 heterocycles. The number of anilines is 1. The van der Waals surface area contributed by atoms with Crippen LogP contribution in [0.1, 0.15) is 12.5 Å². The molecule has 4 nitrogen and oxygen atoms in total. The number of aryl methyl sites for hydroxylation is 1. The van der Waals surface area contributed by atoms with Crippen molar-refractivity contribution in [3.8, 4) is 0 Å². The average molecular weight is 193 g/mol. The minimum atomic E-state index is -0.293. The highest BCUT2D eigenvalue weighted by Crippen LogP contribution is 2.15. The summed E-state index contributed by atoms with van der Waals surface area (Å²) in [5, 5.41) is 0. The summed E-state index contributed by atoms with van der Waals surface area (Å²) in [5.74, 6) is 5.08. The molecule has 0 aliphatic heterocycles. The van der Waals surface area contributed by atoms with Gasteiger partial charge in [-0.15, -0.1) is 0 Å². The van der Waals surface area contributed by atoms with Gasteiger partial charge in [0.2, 0.25) is 0 Å². The van der Waals surface area contributed by atoms with E-state index in [4.69, 9.17) is 5.84 Å². The van der Waals surface area contributed by atoms with Gasteiger partial charge in [0, 0.05) is 12.2 Å². The van der Waals surface area contributed by atoms with Gasteiger partial charge in [-0.1, -0.05) is 12.1 Å². The summed E-state index contributed by atoms with van der Waals surface area (Å²) in [7, 11) is 0. The van der Waals surface area contributed by atoms with Gasteiger partial charge in [0.25, 0.3) is 0 Å². The van der Waals surface area contributed by atoms with E-state index in [9.17, 15) is 4.79 Å². The van der Waals surface area contributed by atoms with E-state index < -0.39 is 0 Å². The molecule has 14 heavy (non-hydrogen) atoms. The van der Waals surface area contributed by atoms with Crippen LogP contribution in [0, 0.1) is 6.92 Å². The molecule has 0 saturated heterocycles. The van der Waals surface area contributed by atoms with E-state index in [0.717, 1.165) is 11.3 Å². The van der Waals surface area contributed by atoms with Gasteiger partial charge in [-0.3, -0.25) is 10.3 Å². The Balaban J connectivity index is 2.94. The molecule has 1 aromatic carbocycles. The molecule has 0 radical (unpaired) electrons. The van der Waals surface area contributed by atoms with Gasteiger partial charge in [-0.05, 0) is 31.5 Å². The molecule has 0 spiro atoms. The lowest BCUT2D eigenvalue weighted by molar-refractivity contribution is 0.247. The average Bonchev–Trinajstić information content (AvgIpc) is 2.19. The second-order valence-electron chi connectivity index (χ2n) is 3.03. The molecule has 3 N–H and O–H groups in total. The Hall–Kier alpha value is -1.55. The van der Waals surface area contributed by atoms with E-state index in [1.54, 1.807) is 4.90 Å². The van der Waals surface area contributed by atoms with Crippen LogP contribution in [0.25, 0.3) is 0 Å². The lowest BCUT2D eigenvalue weighted by Gasteiger charge is -2.20. The van der Waals surface area contributed by atoms with Crippen LogP contribution in [0.15, 0.2) is 24.3 Å². The molecule has 1 aromatic rings. The van der Waals surface area contributed by atoms with Gasteiger partial charge >= 0.3 is 6.03 Å². The van der Waals surface area contributed by atoms with Gasteiger partial charge in [-0.25, -0.2) is 10.6 Å². The maximum Gasteiger partial charge on any atom is 0.335 e. The van der Waals surface area contributed by atoms with Crippen LogP contribution in [0.4, 0.5) is 10.5 Å². The molecule has 0 bridgehead atoms. The van der Waals surface area contributed by atoms with Crippen LogP contribution >= 0.6 is 0 Å². The second-order valence-corrected chi connectivity index (χ2v) is 3.03. The number of hydrogen-bond acceptors (Lipinski definition) is 2. The van der Waals surface area contributed by atoms with E-state index in [1.807, 2.05) is 38.1 Å². The lowest BCUT2D eigenvalue weighted by Crippen LogP contribution is -2.43. The number of nitrogens with zero attached hydrogens (tertiary/aromatic N) is 1.